The van der Waals surface area contributed by atoms with Crippen molar-refractivity contribution >= 4 is 0 Å². The highest BCUT2D eigenvalue weighted by Crippen LogP contribution is 2.40. The molecule has 126 valence electrons. The van der Waals surface area contributed by atoms with Crippen LogP contribution in [0, 0.1) is 5.92 Å². The van der Waals surface area contributed by atoms with E-state index in [0.29, 0.717) is 19.8 Å². The van der Waals surface area contributed by atoms with Crippen LogP contribution in [-0.4, -0.2) is 58.1 Å². The van der Waals surface area contributed by atoms with Gasteiger partial charge in [-0.2, -0.15) is 0 Å². The van der Waals surface area contributed by atoms with E-state index in [4.69, 9.17) is 23.7 Å². The molecule has 1 rings (SSSR count). The van der Waals surface area contributed by atoms with Crippen molar-refractivity contribution in [2.24, 2.45) is 5.92 Å². The van der Waals surface area contributed by atoms with E-state index in [9.17, 15) is 0 Å². The van der Waals surface area contributed by atoms with Crippen molar-refractivity contribution in [1.82, 2.24) is 0 Å². The molecule has 0 saturated carbocycles. The number of hydrogen-bond acceptors (Lipinski definition) is 5. The molecule has 5 nitrogen and oxygen atoms in total. The molecule has 5 heteroatoms. The van der Waals surface area contributed by atoms with E-state index in [0.717, 1.165) is 12.8 Å². The third-order valence-electron chi connectivity index (χ3n) is 4.18. The summed E-state index contributed by atoms with van der Waals surface area (Å²) in [4.78, 5) is 0. The summed E-state index contributed by atoms with van der Waals surface area (Å²) in [5.74, 6) is 0.221. The SMILES string of the molecule is CCCOC1(C)[C@H](OC)OC(COC)[C@H](CC)[C@H]1OCC. The van der Waals surface area contributed by atoms with Gasteiger partial charge in [-0.25, -0.2) is 0 Å². The molecule has 0 amide bonds. The Morgan fingerprint density at radius 3 is 2.33 bits per heavy atom. The van der Waals surface area contributed by atoms with Gasteiger partial charge in [0, 0.05) is 33.4 Å². The smallest absolute Gasteiger partial charge is 0.188 e. The largest absolute Gasteiger partial charge is 0.382 e. The highest BCUT2D eigenvalue weighted by Gasteiger charge is 2.54. The van der Waals surface area contributed by atoms with Crippen LogP contribution in [0.4, 0.5) is 0 Å². The topological polar surface area (TPSA) is 46.2 Å². The lowest BCUT2D eigenvalue weighted by atomic mass is 9.79. The van der Waals surface area contributed by atoms with Crippen molar-refractivity contribution in [2.45, 2.75) is 64.6 Å². The maximum atomic E-state index is 6.13. The lowest BCUT2D eigenvalue weighted by molar-refractivity contribution is -0.339. The predicted molar refractivity (Wildman–Crippen MR) is 81.4 cm³/mol. The first-order valence-electron chi connectivity index (χ1n) is 8.01. The average molecular weight is 304 g/mol. The molecule has 0 radical (unpaired) electrons. The fraction of sp³-hybridized carbons (Fsp3) is 1.00. The zero-order valence-corrected chi connectivity index (χ0v) is 14.4. The molecular formula is C16H32O5. The molecule has 21 heavy (non-hydrogen) atoms. The fourth-order valence-corrected chi connectivity index (χ4v) is 3.18. The highest BCUT2D eigenvalue weighted by molar-refractivity contribution is 4.99. The van der Waals surface area contributed by atoms with Crippen molar-refractivity contribution in [3.8, 4) is 0 Å². The van der Waals surface area contributed by atoms with Crippen molar-refractivity contribution in [3.63, 3.8) is 0 Å². The number of hydrogen-bond donors (Lipinski definition) is 0. The van der Waals surface area contributed by atoms with Crippen LogP contribution in [0.15, 0.2) is 0 Å². The Kier molecular flexibility index (Phi) is 8.13. The molecule has 0 aliphatic carbocycles. The van der Waals surface area contributed by atoms with E-state index in [1.807, 2.05) is 13.8 Å². The summed E-state index contributed by atoms with van der Waals surface area (Å²) in [5, 5.41) is 0. The Hall–Kier alpha value is -0.200. The molecule has 1 aliphatic heterocycles. The number of ether oxygens (including phenoxy) is 5. The van der Waals surface area contributed by atoms with E-state index in [2.05, 4.69) is 13.8 Å². The summed E-state index contributed by atoms with van der Waals surface area (Å²) in [6, 6.07) is 0. The Morgan fingerprint density at radius 2 is 1.86 bits per heavy atom. The predicted octanol–water partition coefficient (Wildman–Crippen LogP) is 2.62. The summed E-state index contributed by atoms with van der Waals surface area (Å²) in [7, 11) is 3.34. The van der Waals surface area contributed by atoms with Crippen molar-refractivity contribution in [3.05, 3.63) is 0 Å². The minimum atomic E-state index is -0.605. The molecule has 1 saturated heterocycles. The summed E-state index contributed by atoms with van der Waals surface area (Å²) < 4.78 is 29.2. The standard InChI is InChI=1S/C16H32O5/c1-7-10-20-16(4)14(19-9-3)12(8-2)13(11-17-5)21-15(16)18-6/h12-15H,7-11H2,1-6H3/t12-,13?,14+,15+,16?/m0/s1. The lowest BCUT2D eigenvalue weighted by Gasteiger charge is -2.51. The molecule has 0 aromatic heterocycles. The Bertz CT molecular complexity index is 286. The van der Waals surface area contributed by atoms with Gasteiger partial charge in [0.05, 0.1) is 18.8 Å². The van der Waals surface area contributed by atoms with Gasteiger partial charge in [-0.15, -0.1) is 0 Å². The summed E-state index contributed by atoms with van der Waals surface area (Å²) in [5.41, 5.74) is -0.605. The highest BCUT2D eigenvalue weighted by atomic mass is 16.7. The monoisotopic (exact) mass is 304 g/mol. The molecule has 5 atom stereocenters. The summed E-state index contributed by atoms with van der Waals surface area (Å²) in [6.45, 7) is 10.1. The third-order valence-corrected chi connectivity index (χ3v) is 4.18. The van der Waals surface area contributed by atoms with Crippen LogP contribution in [0.25, 0.3) is 0 Å². The van der Waals surface area contributed by atoms with Gasteiger partial charge in [0.15, 0.2) is 6.29 Å². The van der Waals surface area contributed by atoms with Crippen LogP contribution < -0.4 is 0 Å². The van der Waals surface area contributed by atoms with Crippen LogP contribution in [0.5, 0.6) is 0 Å². The zero-order valence-electron chi connectivity index (χ0n) is 14.4. The zero-order chi connectivity index (χ0) is 15.9. The minimum Gasteiger partial charge on any atom is -0.382 e. The lowest BCUT2D eigenvalue weighted by Crippen LogP contribution is -2.65. The third kappa shape index (κ3) is 4.17. The van der Waals surface area contributed by atoms with Crippen LogP contribution in [0.1, 0.15) is 40.5 Å². The van der Waals surface area contributed by atoms with Gasteiger partial charge in [0.1, 0.15) is 5.60 Å². The van der Waals surface area contributed by atoms with E-state index >= 15 is 0 Å². The Labute approximate surface area is 129 Å². The Balaban J connectivity index is 3.05. The molecule has 1 aliphatic rings. The van der Waals surface area contributed by atoms with Gasteiger partial charge in [-0.3, -0.25) is 0 Å². The molecule has 2 unspecified atom stereocenters. The van der Waals surface area contributed by atoms with Gasteiger partial charge < -0.3 is 23.7 Å². The van der Waals surface area contributed by atoms with E-state index in [1.54, 1.807) is 14.2 Å². The fourth-order valence-electron chi connectivity index (χ4n) is 3.18. The summed E-state index contributed by atoms with van der Waals surface area (Å²) in [6.07, 6.45) is 1.32. The van der Waals surface area contributed by atoms with Crippen molar-refractivity contribution < 1.29 is 23.7 Å². The normalized spacial score (nSPS) is 36.9. The van der Waals surface area contributed by atoms with Gasteiger partial charge in [-0.05, 0) is 26.7 Å². The first kappa shape index (κ1) is 18.8. The molecule has 1 heterocycles. The number of methoxy groups -OCH3 is 2. The second kappa shape index (κ2) is 9.06. The maximum absolute atomic E-state index is 6.13. The van der Waals surface area contributed by atoms with E-state index < -0.39 is 11.9 Å². The average Bonchev–Trinajstić information content (AvgIpc) is 2.49. The summed E-state index contributed by atoms with van der Waals surface area (Å²) >= 11 is 0. The first-order valence-corrected chi connectivity index (χ1v) is 8.01. The molecular weight excluding hydrogens is 272 g/mol. The van der Waals surface area contributed by atoms with Gasteiger partial charge in [0.25, 0.3) is 0 Å². The second-order valence-electron chi connectivity index (χ2n) is 5.68. The van der Waals surface area contributed by atoms with Crippen molar-refractivity contribution in [2.75, 3.05) is 34.0 Å². The molecule has 0 aromatic carbocycles. The van der Waals surface area contributed by atoms with Crippen LogP contribution >= 0.6 is 0 Å². The van der Waals surface area contributed by atoms with Gasteiger partial charge >= 0.3 is 0 Å². The van der Waals surface area contributed by atoms with Crippen molar-refractivity contribution in [1.29, 1.82) is 0 Å². The molecule has 0 N–H and O–H groups in total. The number of rotatable bonds is 9. The van der Waals surface area contributed by atoms with Gasteiger partial charge in [0.2, 0.25) is 0 Å². The van der Waals surface area contributed by atoms with E-state index in [1.165, 1.54) is 0 Å². The van der Waals surface area contributed by atoms with Crippen LogP contribution in [0.3, 0.4) is 0 Å². The second-order valence-corrected chi connectivity index (χ2v) is 5.68. The molecule has 0 bridgehead atoms. The van der Waals surface area contributed by atoms with E-state index in [-0.39, 0.29) is 18.1 Å². The van der Waals surface area contributed by atoms with Crippen LogP contribution in [-0.2, 0) is 23.7 Å². The first-order chi connectivity index (χ1) is 10.1. The Morgan fingerprint density at radius 1 is 1.14 bits per heavy atom. The molecule has 0 spiro atoms. The maximum Gasteiger partial charge on any atom is 0.188 e. The van der Waals surface area contributed by atoms with Gasteiger partial charge in [-0.1, -0.05) is 13.8 Å². The quantitative estimate of drug-likeness (QED) is 0.655. The minimum absolute atomic E-state index is 0.0419. The van der Waals surface area contributed by atoms with Crippen LogP contribution in [0.2, 0.25) is 0 Å². The molecule has 1 fully saturated rings. The molecule has 0 aromatic rings.